The van der Waals surface area contributed by atoms with Gasteiger partial charge in [0.1, 0.15) is 17.2 Å². The van der Waals surface area contributed by atoms with Gasteiger partial charge in [-0.15, -0.1) is 0 Å². The van der Waals surface area contributed by atoms with E-state index in [-0.39, 0.29) is 22.4 Å². The van der Waals surface area contributed by atoms with Crippen LogP contribution in [-0.2, 0) is 14.8 Å². The highest BCUT2D eigenvalue weighted by Gasteiger charge is 2.37. The maximum absolute atomic E-state index is 14.1. The molecule has 1 saturated heterocycles. The molecule has 3 aromatic carbocycles. The highest BCUT2D eigenvalue weighted by molar-refractivity contribution is 7.90. The largest absolute Gasteiger partial charge is 0.321 e. The average molecular weight is 516 g/mol. The smallest absolute Gasteiger partial charge is 0.267 e. The summed E-state index contributed by atoms with van der Waals surface area (Å²) in [6.07, 6.45) is 1.63. The molecule has 2 amide bonds. The summed E-state index contributed by atoms with van der Waals surface area (Å²) in [7, 11) is -4.24. The molecule has 0 aliphatic carbocycles. The van der Waals surface area contributed by atoms with Crippen molar-refractivity contribution in [2.75, 3.05) is 18.4 Å². The molecule has 1 aliphatic heterocycles. The van der Waals surface area contributed by atoms with Crippen molar-refractivity contribution in [3.63, 3.8) is 0 Å². The Morgan fingerprint density at radius 3 is 2.25 bits per heavy atom. The van der Waals surface area contributed by atoms with Crippen LogP contribution in [0.2, 0.25) is 0 Å². The van der Waals surface area contributed by atoms with Crippen LogP contribution in [-0.4, -0.2) is 43.7 Å². The summed E-state index contributed by atoms with van der Waals surface area (Å²) in [6.45, 7) is 3.03. The second-order valence-corrected chi connectivity index (χ2v) is 10.4. The number of nitrogens with one attached hydrogen (secondary N) is 2. The van der Waals surface area contributed by atoms with Crippen LogP contribution in [0.25, 0.3) is 10.8 Å². The monoisotopic (exact) mass is 515 g/mol. The molecular formula is C26H27F2N3O4S. The number of fused-ring (bicyclic) bond motifs is 1. The third-order valence-corrected chi connectivity index (χ3v) is 8.14. The third kappa shape index (κ3) is 4.96. The van der Waals surface area contributed by atoms with Gasteiger partial charge in [0.25, 0.3) is 15.9 Å². The number of nitrogens with zero attached hydrogens (tertiary/aromatic N) is 1. The first kappa shape index (κ1) is 25.7. The highest BCUT2D eigenvalue weighted by atomic mass is 32.2. The molecule has 1 fully saturated rings. The van der Waals surface area contributed by atoms with Crippen molar-refractivity contribution in [3.8, 4) is 0 Å². The van der Waals surface area contributed by atoms with Gasteiger partial charge in [-0.05, 0) is 56.6 Å². The Morgan fingerprint density at radius 1 is 0.972 bits per heavy atom. The van der Waals surface area contributed by atoms with Crippen molar-refractivity contribution in [1.82, 2.24) is 9.62 Å². The van der Waals surface area contributed by atoms with Crippen molar-refractivity contribution in [3.05, 3.63) is 71.8 Å². The van der Waals surface area contributed by atoms with Crippen LogP contribution in [0.5, 0.6) is 0 Å². The van der Waals surface area contributed by atoms with Gasteiger partial charge in [-0.1, -0.05) is 37.3 Å². The predicted octanol–water partition coefficient (Wildman–Crippen LogP) is 4.44. The molecule has 0 saturated carbocycles. The fourth-order valence-electron chi connectivity index (χ4n) is 4.51. The van der Waals surface area contributed by atoms with Crippen molar-refractivity contribution < 1.29 is 26.8 Å². The first-order valence-electron chi connectivity index (χ1n) is 11.8. The Labute approximate surface area is 208 Å². The van der Waals surface area contributed by atoms with Crippen LogP contribution in [0.15, 0.2) is 59.5 Å². The number of amides is 2. The van der Waals surface area contributed by atoms with Crippen molar-refractivity contribution in [2.24, 2.45) is 0 Å². The number of carbonyl (C=O) groups excluding carboxylic acids is 2. The molecule has 0 spiro atoms. The van der Waals surface area contributed by atoms with Crippen LogP contribution in [0.1, 0.15) is 43.0 Å². The number of hydrogen-bond donors (Lipinski definition) is 2. The van der Waals surface area contributed by atoms with E-state index in [0.717, 1.165) is 22.5 Å². The molecule has 7 nitrogen and oxygen atoms in total. The van der Waals surface area contributed by atoms with E-state index in [1.54, 1.807) is 24.3 Å². The SMILES string of the molecule is CCCC(=O)N(C1CCNCC1)S(=O)(=O)c1ccc(NC(=O)c2c(F)cccc2F)c2ccccc12. The molecule has 0 radical (unpaired) electrons. The van der Waals surface area contributed by atoms with E-state index < -0.39 is 45.1 Å². The second kappa shape index (κ2) is 10.7. The summed E-state index contributed by atoms with van der Waals surface area (Å²) in [5.41, 5.74) is -0.550. The van der Waals surface area contributed by atoms with Gasteiger partial charge in [0.15, 0.2) is 0 Å². The van der Waals surface area contributed by atoms with E-state index in [2.05, 4.69) is 10.6 Å². The number of anilines is 1. The van der Waals surface area contributed by atoms with Crippen LogP contribution in [0.3, 0.4) is 0 Å². The molecule has 36 heavy (non-hydrogen) atoms. The molecule has 1 aliphatic rings. The van der Waals surface area contributed by atoms with Gasteiger partial charge in [-0.25, -0.2) is 21.5 Å². The van der Waals surface area contributed by atoms with E-state index in [1.807, 2.05) is 6.92 Å². The summed E-state index contributed by atoms with van der Waals surface area (Å²) in [6, 6.07) is 11.8. The zero-order valence-electron chi connectivity index (χ0n) is 19.8. The molecule has 190 valence electrons. The zero-order valence-corrected chi connectivity index (χ0v) is 20.6. The summed E-state index contributed by atoms with van der Waals surface area (Å²) in [5.74, 6) is -3.48. The summed E-state index contributed by atoms with van der Waals surface area (Å²) < 4.78 is 57.1. The number of halogens is 2. The Balaban J connectivity index is 1.78. The topological polar surface area (TPSA) is 95.6 Å². The molecule has 2 N–H and O–H groups in total. The number of sulfonamides is 1. The van der Waals surface area contributed by atoms with Crippen LogP contribution in [0, 0.1) is 11.6 Å². The molecule has 0 aromatic heterocycles. The van der Waals surface area contributed by atoms with E-state index in [0.29, 0.717) is 37.7 Å². The number of rotatable bonds is 7. The molecule has 3 aromatic rings. The predicted molar refractivity (Wildman–Crippen MR) is 133 cm³/mol. The molecule has 1 heterocycles. The molecule has 0 unspecified atom stereocenters. The van der Waals surface area contributed by atoms with Gasteiger partial charge in [0.2, 0.25) is 5.91 Å². The van der Waals surface area contributed by atoms with E-state index in [4.69, 9.17) is 0 Å². The third-order valence-electron chi connectivity index (χ3n) is 6.21. The maximum Gasteiger partial charge on any atom is 0.267 e. The van der Waals surface area contributed by atoms with Crippen LogP contribution in [0.4, 0.5) is 14.5 Å². The van der Waals surface area contributed by atoms with Crippen molar-refractivity contribution in [1.29, 1.82) is 0 Å². The minimum absolute atomic E-state index is 0.0730. The fraction of sp³-hybridized carbons (Fsp3) is 0.308. The second-order valence-electron chi connectivity index (χ2n) is 8.63. The fourth-order valence-corrected chi connectivity index (χ4v) is 6.38. The molecule has 4 rings (SSSR count). The average Bonchev–Trinajstić information content (AvgIpc) is 2.85. The van der Waals surface area contributed by atoms with Crippen molar-refractivity contribution >= 4 is 38.3 Å². The lowest BCUT2D eigenvalue weighted by atomic mass is 10.1. The lowest BCUT2D eigenvalue weighted by Crippen LogP contribution is -2.49. The summed E-state index contributed by atoms with van der Waals surface area (Å²) >= 11 is 0. The first-order chi connectivity index (χ1) is 17.3. The van der Waals surface area contributed by atoms with Gasteiger partial charge < -0.3 is 10.6 Å². The van der Waals surface area contributed by atoms with Gasteiger partial charge in [0, 0.05) is 22.9 Å². The maximum atomic E-state index is 14.1. The highest BCUT2D eigenvalue weighted by Crippen LogP contribution is 2.33. The molecule has 0 bridgehead atoms. The standard InChI is InChI=1S/C26H27F2N3O4S/c1-2-6-24(32)31(17-13-15-29-16-14-17)36(34,35)23-12-11-22(18-7-3-4-8-19(18)23)30-26(33)25-20(27)9-5-10-21(25)28/h3-5,7-12,17,29H,2,6,13-16H2,1H3,(H,30,33). The Bertz CT molecular complexity index is 1390. The number of carbonyl (C=O) groups is 2. The zero-order chi connectivity index (χ0) is 25.9. The molecular weight excluding hydrogens is 488 g/mol. The number of hydrogen-bond acceptors (Lipinski definition) is 5. The van der Waals surface area contributed by atoms with Gasteiger partial charge in [-0.3, -0.25) is 9.59 Å². The number of piperidine rings is 1. The van der Waals surface area contributed by atoms with E-state index in [1.165, 1.54) is 12.1 Å². The van der Waals surface area contributed by atoms with E-state index in [9.17, 15) is 26.8 Å². The quantitative estimate of drug-likeness (QED) is 0.485. The summed E-state index contributed by atoms with van der Waals surface area (Å²) in [5, 5.41) is 6.32. The Hall–Kier alpha value is -3.37. The van der Waals surface area contributed by atoms with Crippen LogP contribution < -0.4 is 10.6 Å². The van der Waals surface area contributed by atoms with Crippen molar-refractivity contribution in [2.45, 2.75) is 43.5 Å². The lowest BCUT2D eigenvalue weighted by molar-refractivity contribution is -0.128. The number of benzene rings is 3. The molecule has 0 atom stereocenters. The molecule has 10 heteroatoms. The van der Waals surface area contributed by atoms with Crippen LogP contribution >= 0.6 is 0 Å². The Morgan fingerprint density at radius 2 is 1.61 bits per heavy atom. The lowest BCUT2D eigenvalue weighted by Gasteiger charge is -2.34. The Kier molecular flexibility index (Phi) is 7.65. The first-order valence-corrected chi connectivity index (χ1v) is 13.2. The summed E-state index contributed by atoms with van der Waals surface area (Å²) in [4.78, 5) is 25.6. The normalized spacial score (nSPS) is 14.5. The minimum Gasteiger partial charge on any atom is -0.321 e. The van der Waals surface area contributed by atoms with Gasteiger partial charge in [-0.2, -0.15) is 0 Å². The van der Waals surface area contributed by atoms with Gasteiger partial charge in [0.05, 0.1) is 10.9 Å². The van der Waals surface area contributed by atoms with E-state index >= 15 is 0 Å². The minimum atomic E-state index is -4.24. The van der Waals surface area contributed by atoms with Gasteiger partial charge >= 0.3 is 0 Å².